The lowest BCUT2D eigenvalue weighted by Gasteiger charge is -2.11. The number of sulfonamides is 1. The monoisotopic (exact) mass is 447 g/mol. The fourth-order valence-electron chi connectivity index (χ4n) is 2.29. The third-order valence-electron chi connectivity index (χ3n) is 3.77. The zero-order valence-corrected chi connectivity index (χ0v) is 16.2. The summed E-state index contributed by atoms with van der Waals surface area (Å²) in [6.07, 6.45) is -4.61. The van der Waals surface area contributed by atoms with Crippen LogP contribution in [0.5, 0.6) is 5.75 Å². The van der Waals surface area contributed by atoms with E-state index < -0.39 is 44.9 Å². The molecule has 9 nitrogen and oxygen atoms in total. The maximum absolute atomic E-state index is 12.4. The van der Waals surface area contributed by atoms with Crippen molar-refractivity contribution in [2.24, 2.45) is 0 Å². The number of carbonyl (C=O) groups is 1. The molecule has 13 heteroatoms. The van der Waals surface area contributed by atoms with E-state index in [1.54, 1.807) is 0 Å². The van der Waals surface area contributed by atoms with Crippen molar-refractivity contribution in [2.75, 3.05) is 13.7 Å². The van der Waals surface area contributed by atoms with E-state index in [1.165, 1.54) is 31.3 Å². The SMILES string of the molecule is CNS(=O)(=O)c1ccc(CNC(=O)c2cc(OCC(F)(F)F)ccc2[N+](=O)[O-])cc1. The van der Waals surface area contributed by atoms with Gasteiger partial charge in [-0.15, -0.1) is 0 Å². The molecule has 0 aliphatic carbocycles. The van der Waals surface area contributed by atoms with Gasteiger partial charge in [0.05, 0.1) is 9.82 Å². The Balaban J connectivity index is 2.16. The Hall–Kier alpha value is -3.19. The van der Waals surface area contributed by atoms with E-state index in [9.17, 15) is 36.5 Å². The van der Waals surface area contributed by atoms with E-state index in [1.807, 2.05) is 0 Å². The highest BCUT2D eigenvalue weighted by molar-refractivity contribution is 7.89. The first kappa shape index (κ1) is 23.1. The van der Waals surface area contributed by atoms with Crippen LogP contribution in [0.4, 0.5) is 18.9 Å². The summed E-state index contributed by atoms with van der Waals surface area (Å²) < 4.78 is 66.9. The van der Waals surface area contributed by atoms with Crippen LogP contribution in [0.1, 0.15) is 15.9 Å². The fraction of sp³-hybridized carbons (Fsp3) is 0.235. The van der Waals surface area contributed by atoms with Gasteiger partial charge in [-0.1, -0.05) is 12.1 Å². The molecule has 30 heavy (non-hydrogen) atoms. The van der Waals surface area contributed by atoms with Crippen molar-refractivity contribution in [1.29, 1.82) is 0 Å². The van der Waals surface area contributed by atoms with Gasteiger partial charge in [-0.2, -0.15) is 13.2 Å². The molecule has 0 saturated carbocycles. The number of carbonyl (C=O) groups excluding carboxylic acids is 1. The molecule has 0 fully saturated rings. The van der Waals surface area contributed by atoms with Crippen LogP contribution in [-0.4, -0.2) is 39.1 Å². The minimum Gasteiger partial charge on any atom is -0.484 e. The quantitative estimate of drug-likeness (QED) is 0.472. The van der Waals surface area contributed by atoms with Crippen molar-refractivity contribution in [1.82, 2.24) is 10.0 Å². The summed E-state index contributed by atoms with van der Waals surface area (Å²) in [6.45, 7) is -1.72. The van der Waals surface area contributed by atoms with Crippen LogP contribution in [0.15, 0.2) is 47.4 Å². The van der Waals surface area contributed by atoms with Crippen LogP contribution in [0.2, 0.25) is 0 Å². The zero-order chi connectivity index (χ0) is 22.5. The number of hydrogen-bond donors (Lipinski definition) is 2. The first-order valence-electron chi connectivity index (χ1n) is 8.21. The van der Waals surface area contributed by atoms with Gasteiger partial charge in [0.1, 0.15) is 11.3 Å². The standard InChI is InChI=1S/C17H16F3N3O6S/c1-21-30(27,28)13-5-2-11(3-6-13)9-22-16(24)14-8-12(29-10-17(18,19)20)4-7-15(14)23(25)26/h2-8,21H,9-10H2,1H3,(H,22,24). The number of amides is 1. The van der Waals surface area contributed by atoms with Crippen LogP contribution in [0, 0.1) is 10.1 Å². The van der Waals surface area contributed by atoms with Crippen molar-refractivity contribution >= 4 is 21.6 Å². The Morgan fingerprint density at radius 3 is 2.33 bits per heavy atom. The number of rotatable bonds is 8. The van der Waals surface area contributed by atoms with Crippen LogP contribution >= 0.6 is 0 Å². The largest absolute Gasteiger partial charge is 0.484 e. The molecule has 2 N–H and O–H groups in total. The molecule has 0 radical (unpaired) electrons. The maximum Gasteiger partial charge on any atom is 0.422 e. The minimum absolute atomic E-state index is 0.00484. The third kappa shape index (κ3) is 6.15. The second kappa shape index (κ2) is 9.09. The molecule has 1 amide bonds. The zero-order valence-electron chi connectivity index (χ0n) is 15.4. The highest BCUT2D eigenvalue weighted by Crippen LogP contribution is 2.26. The molecule has 2 aromatic carbocycles. The topological polar surface area (TPSA) is 128 Å². The Kier molecular flexibility index (Phi) is 7.00. The van der Waals surface area contributed by atoms with E-state index in [-0.39, 0.29) is 17.2 Å². The lowest BCUT2D eigenvalue weighted by atomic mass is 10.1. The summed E-state index contributed by atoms with van der Waals surface area (Å²) in [5.41, 5.74) is -0.595. The Labute approximate surface area is 169 Å². The van der Waals surface area contributed by atoms with Crippen LogP contribution in [0.25, 0.3) is 0 Å². The number of hydrogen-bond acceptors (Lipinski definition) is 6. The smallest absolute Gasteiger partial charge is 0.422 e. The van der Waals surface area contributed by atoms with Crippen LogP contribution in [-0.2, 0) is 16.6 Å². The van der Waals surface area contributed by atoms with Gasteiger partial charge in [-0.25, -0.2) is 13.1 Å². The molecule has 0 aromatic heterocycles. The molecule has 0 aliphatic rings. The molecule has 2 aromatic rings. The molecule has 0 heterocycles. The van der Waals surface area contributed by atoms with E-state index in [0.717, 1.165) is 18.2 Å². The molecule has 0 aliphatic heterocycles. The van der Waals surface area contributed by atoms with Crippen LogP contribution in [0.3, 0.4) is 0 Å². The van der Waals surface area contributed by atoms with Crippen molar-refractivity contribution < 1.29 is 36.0 Å². The lowest BCUT2D eigenvalue weighted by Crippen LogP contribution is -2.24. The molecule has 0 unspecified atom stereocenters. The molecular weight excluding hydrogens is 431 g/mol. The summed E-state index contributed by atoms with van der Waals surface area (Å²) in [6, 6.07) is 8.16. The second-order valence-corrected chi connectivity index (χ2v) is 7.76. The van der Waals surface area contributed by atoms with Gasteiger partial charge in [0.2, 0.25) is 10.0 Å². The number of alkyl halides is 3. The van der Waals surface area contributed by atoms with Crippen molar-refractivity contribution in [3.8, 4) is 5.75 Å². The first-order chi connectivity index (χ1) is 13.9. The van der Waals surface area contributed by atoms with Gasteiger partial charge in [0.15, 0.2) is 6.61 Å². The van der Waals surface area contributed by atoms with E-state index in [0.29, 0.717) is 5.56 Å². The van der Waals surface area contributed by atoms with E-state index in [4.69, 9.17) is 0 Å². The fourth-order valence-corrected chi connectivity index (χ4v) is 3.02. The number of halogens is 3. The first-order valence-corrected chi connectivity index (χ1v) is 9.70. The van der Waals surface area contributed by atoms with Crippen molar-refractivity contribution in [3.63, 3.8) is 0 Å². The van der Waals surface area contributed by atoms with E-state index >= 15 is 0 Å². The molecular formula is C17H16F3N3O6S. The lowest BCUT2D eigenvalue weighted by molar-refractivity contribution is -0.385. The molecule has 0 atom stereocenters. The van der Waals surface area contributed by atoms with Gasteiger partial charge in [0.25, 0.3) is 11.6 Å². The average Bonchev–Trinajstić information content (AvgIpc) is 2.70. The van der Waals surface area contributed by atoms with Gasteiger partial charge in [-0.3, -0.25) is 14.9 Å². The Morgan fingerprint density at radius 2 is 1.80 bits per heavy atom. The molecule has 0 saturated heterocycles. The molecule has 0 spiro atoms. The van der Waals surface area contributed by atoms with Crippen molar-refractivity contribution in [2.45, 2.75) is 17.6 Å². The van der Waals surface area contributed by atoms with Gasteiger partial charge < -0.3 is 10.1 Å². The average molecular weight is 447 g/mol. The highest BCUT2D eigenvalue weighted by atomic mass is 32.2. The van der Waals surface area contributed by atoms with Gasteiger partial charge in [-0.05, 0) is 36.9 Å². The molecule has 2 rings (SSSR count). The maximum atomic E-state index is 12.4. The predicted octanol–water partition coefficient (Wildman–Crippen LogP) is 2.37. The number of nitro groups is 1. The number of nitrogens with one attached hydrogen (secondary N) is 2. The number of benzene rings is 2. The number of nitro benzene ring substituents is 1. The minimum atomic E-state index is -4.61. The molecule has 162 valence electrons. The summed E-state index contributed by atoms with van der Waals surface area (Å²) >= 11 is 0. The summed E-state index contributed by atoms with van der Waals surface area (Å²) in [7, 11) is -2.38. The van der Waals surface area contributed by atoms with Crippen LogP contribution < -0.4 is 14.8 Å². The Morgan fingerprint density at radius 1 is 1.17 bits per heavy atom. The highest BCUT2D eigenvalue weighted by Gasteiger charge is 2.29. The summed E-state index contributed by atoms with van der Waals surface area (Å²) in [5, 5.41) is 13.5. The normalized spacial score (nSPS) is 11.7. The summed E-state index contributed by atoms with van der Waals surface area (Å²) in [5.74, 6) is -1.27. The summed E-state index contributed by atoms with van der Waals surface area (Å²) in [4.78, 5) is 22.7. The molecule has 0 bridgehead atoms. The number of ether oxygens (including phenoxy) is 1. The predicted molar refractivity (Wildman–Crippen MR) is 98.5 cm³/mol. The van der Waals surface area contributed by atoms with E-state index in [2.05, 4.69) is 14.8 Å². The Bertz CT molecular complexity index is 1040. The van der Waals surface area contributed by atoms with Gasteiger partial charge >= 0.3 is 6.18 Å². The second-order valence-electron chi connectivity index (χ2n) is 5.87. The third-order valence-corrected chi connectivity index (χ3v) is 5.20. The van der Waals surface area contributed by atoms with Crippen molar-refractivity contribution in [3.05, 3.63) is 63.7 Å². The number of nitrogens with zero attached hydrogens (tertiary/aromatic N) is 1. The van der Waals surface area contributed by atoms with Gasteiger partial charge in [0, 0.05) is 12.6 Å².